The van der Waals surface area contributed by atoms with Crippen molar-refractivity contribution in [3.63, 3.8) is 0 Å². The van der Waals surface area contributed by atoms with Gasteiger partial charge in [0.1, 0.15) is 36.1 Å². The molecule has 5 amide bonds. The van der Waals surface area contributed by atoms with Crippen molar-refractivity contribution in [2.75, 3.05) is 10.6 Å². The predicted octanol–water partition coefficient (Wildman–Crippen LogP) is 6.48. The maximum atomic E-state index is 14.1. The number of amides is 5. The molecule has 0 aliphatic carbocycles. The number of anilines is 2. The Bertz CT molecular complexity index is 1960. The summed E-state index contributed by atoms with van der Waals surface area (Å²) in [6, 6.07) is 29.6. The third-order valence-corrected chi connectivity index (χ3v) is 9.02. The molecule has 1 aliphatic rings. The number of rotatable bonds is 16. The fraction of sp³-hybridized carbons (Fsp3) is 0.341. The van der Waals surface area contributed by atoms with E-state index >= 15 is 0 Å². The molecule has 1 unspecified atom stereocenters. The molecule has 1 aliphatic heterocycles. The fourth-order valence-electron chi connectivity index (χ4n) is 6.33. The molecule has 1 heterocycles. The third kappa shape index (κ3) is 12.2. The van der Waals surface area contributed by atoms with E-state index in [0.29, 0.717) is 23.7 Å². The average Bonchev–Trinajstić information content (AvgIpc) is 3.47. The molecule has 4 aromatic carbocycles. The van der Waals surface area contributed by atoms with Gasteiger partial charge >= 0.3 is 6.09 Å². The van der Waals surface area contributed by atoms with Gasteiger partial charge in [0.05, 0.1) is 5.92 Å². The summed E-state index contributed by atoms with van der Waals surface area (Å²) in [5.41, 5.74) is 2.82. The lowest BCUT2D eigenvalue weighted by molar-refractivity contribution is -0.132. The lowest BCUT2D eigenvalue weighted by atomic mass is 9.92. The van der Waals surface area contributed by atoms with Crippen molar-refractivity contribution in [2.45, 2.75) is 90.1 Å². The molecule has 0 radical (unpaired) electrons. The van der Waals surface area contributed by atoms with Gasteiger partial charge in [0.25, 0.3) is 0 Å². The average molecular weight is 762 g/mol. The first-order chi connectivity index (χ1) is 26.7. The lowest BCUT2D eigenvalue weighted by Gasteiger charge is -2.27. The molecule has 12 heteroatoms. The number of nitrogens with one attached hydrogen (secondary N) is 5. The van der Waals surface area contributed by atoms with Gasteiger partial charge in [-0.1, -0.05) is 92.7 Å². The summed E-state index contributed by atoms with van der Waals surface area (Å²) in [5.74, 6) is -2.13. The van der Waals surface area contributed by atoms with E-state index in [-0.39, 0.29) is 31.1 Å². The number of hydrogen-bond acceptors (Lipinski definition) is 7. The van der Waals surface area contributed by atoms with Gasteiger partial charge in [0.2, 0.25) is 23.6 Å². The topological polar surface area (TPSA) is 164 Å². The first kappa shape index (κ1) is 41.0. The van der Waals surface area contributed by atoms with Crippen LogP contribution in [0.1, 0.15) is 70.1 Å². The minimum atomic E-state index is -1.14. The molecule has 4 aromatic rings. The molecule has 0 bridgehead atoms. The zero-order chi connectivity index (χ0) is 40.2. The number of fused-ring (bicyclic) bond motifs is 1. The van der Waals surface area contributed by atoms with Crippen molar-refractivity contribution in [1.82, 2.24) is 16.0 Å². The number of carbonyl (C=O) groups excluding carboxylic acids is 5. The Morgan fingerprint density at radius 3 is 1.96 bits per heavy atom. The summed E-state index contributed by atoms with van der Waals surface area (Å²) in [5, 5.41) is 14.1. The Morgan fingerprint density at radius 2 is 1.30 bits per heavy atom. The summed E-state index contributed by atoms with van der Waals surface area (Å²) >= 11 is 0. The van der Waals surface area contributed by atoms with E-state index in [0.717, 1.165) is 16.7 Å². The number of para-hydroxylation sites is 2. The Labute approximate surface area is 328 Å². The van der Waals surface area contributed by atoms with Crippen LogP contribution in [0.4, 0.5) is 16.2 Å². The van der Waals surface area contributed by atoms with Gasteiger partial charge in [-0.25, -0.2) is 4.79 Å². The van der Waals surface area contributed by atoms with Crippen LogP contribution in [0.25, 0.3) is 0 Å². The molecule has 4 atom stereocenters. The molecular weight excluding hydrogens is 711 g/mol. The van der Waals surface area contributed by atoms with Crippen molar-refractivity contribution >= 4 is 41.1 Å². The van der Waals surface area contributed by atoms with Crippen molar-refractivity contribution in [3.8, 4) is 5.75 Å². The fourth-order valence-corrected chi connectivity index (χ4v) is 6.33. The van der Waals surface area contributed by atoms with Gasteiger partial charge in [-0.3, -0.25) is 19.2 Å². The quantitative estimate of drug-likeness (QED) is 0.0873. The summed E-state index contributed by atoms with van der Waals surface area (Å²) in [4.78, 5) is 68.1. The van der Waals surface area contributed by atoms with E-state index in [1.54, 1.807) is 63.2 Å². The monoisotopic (exact) mass is 761 g/mol. The number of hydrogen-bond donors (Lipinski definition) is 5. The van der Waals surface area contributed by atoms with Gasteiger partial charge in [0, 0.05) is 17.8 Å². The Kier molecular flexibility index (Phi) is 13.9. The number of alkyl carbamates (subject to hydrolysis) is 1. The lowest BCUT2D eigenvalue weighted by Crippen LogP contribution is -2.57. The maximum absolute atomic E-state index is 14.1. The van der Waals surface area contributed by atoms with Gasteiger partial charge in [-0.05, 0) is 86.6 Å². The van der Waals surface area contributed by atoms with Crippen molar-refractivity contribution in [3.05, 3.63) is 126 Å². The summed E-state index contributed by atoms with van der Waals surface area (Å²) < 4.78 is 11.4. The minimum absolute atomic E-state index is 0.0243. The smallest absolute Gasteiger partial charge is 0.408 e. The van der Waals surface area contributed by atoms with E-state index in [2.05, 4.69) is 26.6 Å². The molecule has 0 saturated heterocycles. The van der Waals surface area contributed by atoms with Crippen LogP contribution < -0.4 is 31.3 Å². The maximum Gasteiger partial charge on any atom is 0.408 e. The number of benzene rings is 4. The highest BCUT2D eigenvalue weighted by atomic mass is 16.6. The van der Waals surface area contributed by atoms with E-state index < -0.39 is 53.5 Å². The molecule has 294 valence electrons. The van der Waals surface area contributed by atoms with Crippen LogP contribution in [-0.2, 0) is 36.9 Å². The van der Waals surface area contributed by atoms with Gasteiger partial charge in [-0.15, -0.1) is 0 Å². The van der Waals surface area contributed by atoms with Gasteiger partial charge < -0.3 is 36.1 Å². The second kappa shape index (κ2) is 18.9. The van der Waals surface area contributed by atoms with Crippen LogP contribution in [0.15, 0.2) is 109 Å². The van der Waals surface area contributed by atoms with Crippen LogP contribution in [0.2, 0.25) is 0 Å². The predicted molar refractivity (Wildman–Crippen MR) is 215 cm³/mol. The standard InChI is InChI=1S/C44H51N5O7/c1-28(2)24-36(41(52)48-38(40(51)45-31-16-10-7-11-17-31)26-34-33-18-12-13-19-35(33)46-39(34)50)47-42(53)37(49-43(54)56-44(3,4)5)25-29-20-22-32(23-21-29)55-27-30-14-8-6-9-15-30/h6-23,28,34,36-38H,24-27H2,1-5H3,(H,45,51)(H,46,50)(H,47,53)(H,48,52)(H,49,54)/t34?,36-,37-,38-/m0/s1. The van der Waals surface area contributed by atoms with Crippen molar-refractivity contribution < 1.29 is 33.4 Å². The van der Waals surface area contributed by atoms with E-state index in [1.807, 2.05) is 80.6 Å². The zero-order valence-corrected chi connectivity index (χ0v) is 32.5. The van der Waals surface area contributed by atoms with Crippen LogP contribution in [0.5, 0.6) is 5.75 Å². The highest BCUT2D eigenvalue weighted by molar-refractivity contribution is 6.04. The summed E-state index contributed by atoms with van der Waals surface area (Å²) in [7, 11) is 0. The molecule has 12 nitrogen and oxygen atoms in total. The Morgan fingerprint density at radius 1 is 0.696 bits per heavy atom. The van der Waals surface area contributed by atoms with Crippen molar-refractivity contribution in [2.24, 2.45) is 5.92 Å². The second-order valence-electron chi connectivity index (χ2n) is 15.3. The van der Waals surface area contributed by atoms with Crippen molar-refractivity contribution in [1.29, 1.82) is 0 Å². The van der Waals surface area contributed by atoms with E-state index in [9.17, 15) is 24.0 Å². The van der Waals surface area contributed by atoms with Gasteiger partial charge in [-0.2, -0.15) is 0 Å². The van der Waals surface area contributed by atoms with Crippen LogP contribution in [0.3, 0.4) is 0 Å². The normalized spacial score (nSPS) is 15.0. The van der Waals surface area contributed by atoms with Gasteiger partial charge in [0.15, 0.2) is 0 Å². The molecule has 5 N–H and O–H groups in total. The number of ether oxygens (including phenoxy) is 2. The van der Waals surface area contributed by atoms with Crippen LogP contribution in [-0.4, -0.2) is 53.4 Å². The molecular formula is C44H51N5O7. The third-order valence-electron chi connectivity index (χ3n) is 9.02. The largest absolute Gasteiger partial charge is 0.489 e. The molecule has 0 saturated carbocycles. The summed E-state index contributed by atoms with van der Waals surface area (Å²) in [6.07, 6.45) is -0.510. The highest BCUT2D eigenvalue weighted by Crippen LogP contribution is 2.35. The summed E-state index contributed by atoms with van der Waals surface area (Å²) in [6.45, 7) is 9.36. The van der Waals surface area contributed by atoms with Crippen LogP contribution >= 0.6 is 0 Å². The molecule has 0 aromatic heterocycles. The SMILES string of the molecule is CC(C)C[C@H](NC(=O)[C@H](Cc1ccc(OCc2ccccc2)cc1)NC(=O)OC(C)(C)C)C(=O)N[C@@H](CC1C(=O)Nc2ccccc21)C(=O)Nc1ccccc1. The molecule has 5 rings (SSSR count). The van der Waals surface area contributed by atoms with E-state index in [1.165, 1.54) is 0 Å². The second-order valence-corrected chi connectivity index (χ2v) is 15.3. The molecule has 0 fully saturated rings. The Balaban J connectivity index is 1.34. The molecule has 56 heavy (non-hydrogen) atoms. The first-order valence-corrected chi connectivity index (χ1v) is 18.9. The Hall–Kier alpha value is -6.17. The van der Waals surface area contributed by atoms with E-state index in [4.69, 9.17) is 9.47 Å². The number of carbonyl (C=O) groups is 5. The minimum Gasteiger partial charge on any atom is -0.489 e. The first-order valence-electron chi connectivity index (χ1n) is 18.9. The van der Waals surface area contributed by atoms with Crippen LogP contribution in [0, 0.1) is 5.92 Å². The molecule has 0 spiro atoms. The zero-order valence-electron chi connectivity index (χ0n) is 32.5. The highest BCUT2D eigenvalue weighted by Gasteiger charge is 2.37.